The zero-order valence-corrected chi connectivity index (χ0v) is 17.3. The lowest BCUT2D eigenvalue weighted by molar-refractivity contribution is 0.281. The molecule has 0 spiro atoms. The topological polar surface area (TPSA) is 48.9 Å². The van der Waals surface area contributed by atoms with Crippen molar-refractivity contribution in [1.82, 2.24) is 15.5 Å². The molecule has 0 saturated heterocycles. The van der Waals surface area contributed by atoms with Crippen LogP contribution in [0.25, 0.3) is 0 Å². The van der Waals surface area contributed by atoms with E-state index in [-0.39, 0.29) is 24.0 Å². The molecule has 0 fully saturated rings. The van der Waals surface area contributed by atoms with Gasteiger partial charge in [-0.2, -0.15) is 0 Å². The molecular weight excluding hydrogens is 403 g/mol. The third-order valence-electron chi connectivity index (χ3n) is 3.05. The number of hydrogen-bond acceptors (Lipinski definition) is 3. The molecule has 0 amide bonds. The number of aliphatic imine (C=N–C) groups is 1. The largest absolute Gasteiger partial charge is 0.494 e. The number of halogens is 1. The number of rotatable bonds is 8. The van der Waals surface area contributed by atoms with Gasteiger partial charge in [0.05, 0.1) is 6.61 Å². The molecule has 2 N–H and O–H groups in total. The van der Waals surface area contributed by atoms with Crippen molar-refractivity contribution < 1.29 is 4.74 Å². The van der Waals surface area contributed by atoms with Crippen LogP contribution in [0.4, 0.5) is 0 Å². The van der Waals surface area contributed by atoms with Crippen LogP contribution in [0.2, 0.25) is 0 Å². The molecule has 0 heterocycles. The Kier molecular flexibility index (Phi) is 11.9. The summed E-state index contributed by atoms with van der Waals surface area (Å²) in [5, 5.41) is 6.56. The van der Waals surface area contributed by atoms with E-state index < -0.39 is 0 Å². The van der Waals surface area contributed by atoms with Crippen molar-refractivity contribution >= 4 is 29.9 Å². The average Bonchev–Trinajstić information content (AvgIpc) is 2.48. The second-order valence-corrected chi connectivity index (χ2v) is 5.87. The predicted molar refractivity (Wildman–Crippen MR) is 109 cm³/mol. The highest BCUT2D eigenvalue weighted by atomic mass is 127. The Bertz CT molecular complexity index is 446. The molecule has 1 rings (SSSR count). The van der Waals surface area contributed by atoms with Crippen molar-refractivity contribution in [3.8, 4) is 5.75 Å². The third-order valence-corrected chi connectivity index (χ3v) is 3.05. The molecule has 0 unspecified atom stereocenters. The monoisotopic (exact) mass is 434 g/mol. The molecule has 5 nitrogen and oxygen atoms in total. The Labute approximate surface area is 157 Å². The van der Waals surface area contributed by atoms with Crippen LogP contribution in [0.5, 0.6) is 5.75 Å². The lowest BCUT2D eigenvalue weighted by Gasteiger charge is -2.14. The molecule has 1 aromatic rings. The van der Waals surface area contributed by atoms with Crippen LogP contribution in [-0.2, 0) is 6.54 Å². The Hall–Kier alpha value is -1.02. The smallest absolute Gasteiger partial charge is 0.191 e. The fraction of sp³-hybridized carbons (Fsp3) is 0.588. The summed E-state index contributed by atoms with van der Waals surface area (Å²) in [5.74, 6) is 1.74. The van der Waals surface area contributed by atoms with E-state index in [9.17, 15) is 0 Å². The van der Waals surface area contributed by atoms with E-state index in [0.717, 1.165) is 37.8 Å². The van der Waals surface area contributed by atoms with Crippen LogP contribution in [-0.4, -0.2) is 51.2 Å². The minimum Gasteiger partial charge on any atom is -0.494 e. The summed E-state index contributed by atoms with van der Waals surface area (Å²) in [7, 11) is 5.93. The SMILES string of the molecule is CN=C(NCc1ccc(OCCCN(C)C)cc1)NC(C)C.I. The van der Waals surface area contributed by atoms with Crippen molar-refractivity contribution in [2.24, 2.45) is 4.99 Å². The quantitative estimate of drug-likeness (QED) is 0.286. The highest BCUT2D eigenvalue weighted by molar-refractivity contribution is 14.0. The molecular formula is C17H31IN4O. The van der Waals surface area contributed by atoms with E-state index in [1.54, 1.807) is 7.05 Å². The first-order chi connectivity index (χ1) is 10.5. The van der Waals surface area contributed by atoms with Gasteiger partial charge in [0.15, 0.2) is 5.96 Å². The molecule has 0 aliphatic rings. The number of nitrogens with zero attached hydrogens (tertiary/aromatic N) is 2. The number of hydrogen-bond donors (Lipinski definition) is 2. The van der Waals surface area contributed by atoms with E-state index >= 15 is 0 Å². The summed E-state index contributed by atoms with van der Waals surface area (Å²) in [6.45, 7) is 6.72. The normalized spacial score (nSPS) is 11.3. The standard InChI is InChI=1S/C17H30N4O.HI/c1-14(2)20-17(18-3)19-13-15-7-9-16(10-8-15)22-12-6-11-21(4)5;/h7-10,14H,6,11-13H2,1-5H3,(H2,18,19,20);1H. The minimum atomic E-state index is 0. The van der Waals surface area contributed by atoms with Crippen LogP contribution in [0.15, 0.2) is 29.3 Å². The molecule has 132 valence electrons. The van der Waals surface area contributed by atoms with Gasteiger partial charge in [-0.15, -0.1) is 24.0 Å². The highest BCUT2D eigenvalue weighted by Crippen LogP contribution is 2.12. The van der Waals surface area contributed by atoms with E-state index in [4.69, 9.17) is 4.74 Å². The molecule has 0 aliphatic heterocycles. The van der Waals surface area contributed by atoms with Crippen LogP contribution < -0.4 is 15.4 Å². The molecule has 0 saturated carbocycles. The molecule has 23 heavy (non-hydrogen) atoms. The van der Waals surface area contributed by atoms with Gasteiger partial charge in [-0.1, -0.05) is 12.1 Å². The third kappa shape index (κ3) is 10.4. The average molecular weight is 434 g/mol. The van der Waals surface area contributed by atoms with Crippen LogP contribution in [0.3, 0.4) is 0 Å². The first-order valence-corrected chi connectivity index (χ1v) is 7.85. The van der Waals surface area contributed by atoms with Gasteiger partial charge in [0.2, 0.25) is 0 Å². The zero-order valence-electron chi connectivity index (χ0n) is 14.9. The summed E-state index contributed by atoms with van der Waals surface area (Å²) < 4.78 is 5.73. The summed E-state index contributed by atoms with van der Waals surface area (Å²) in [4.78, 5) is 6.35. The van der Waals surface area contributed by atoms with Gasteiger partial charge in [0, 0.05) is 26.2 Å². The van der Waals surface area contributed by atoms with Gasteiger partial charge in [0.1, 0.15) is 5.75 Å². The zero-order chi connectivity index (χ0) is 16.4. The molecule has 0 aliphatic carbocycles. The van der Waals surface area contributed by atoms with Crippen LogP contribution >= 0.6 is 24.0 Å². The van der Waals surface area contributed by atoms with Crippen LogP contribution in [0, 0.1) is 0 Å². The number of nitrogens with one attached hydrogen (secondary N) is 2. The number of benzene rings is 1. The number of ether oxygens (including phenoxy) is 1. The van der Waals surface area contributed by atoms with Gasteiger partial charge in [-0.25, -0.2) is 0 Å². The van der Waals surface area contributed by atoms with Crippen molar-refractivity contribution in [3.63, 3.8) is 0 Å². The summed E-state index contributed by atoms with van der Waals surface area (Å²) in [6.07, 6.45) is 1.04. The Morgan fingerprint density at radius 3 is 2.39 bits per heavy atom. The predicted octanol–water partition coefficient (Wildman–Crippen LogP) is 2.71. The highest BCUT2D eigenvalue weighted by Gasteiger charge is 2.01. The molecule has 0 radical (unpaired) electrons. The van der Waals surface area contributed by atoms with E-state index in [1.807, 2.05) is 12.1 Å². The van der Waals surface area contributed by atoms with E-state index in [1.165, 1.54) is 5.56 Å². The second-order valence-electron chi connectivity index (χ2n) is 5.87. The summed E-state index contributed by atoms with van der Waals surface area (Å²) in [6, 6.07) is 8.56. The Morgan fingerprint density at radius 2 is 1.87 bits per heavy atom. The summed E-state index contributed by atoms with van der Waals surface area (Å²) >= 11 is 0. The Balaban J connectivity index is 0.00000484. The van der Waals surface area contributed by atoms with Crippen molar-refractivity contribution in [2.45, 2.75) is 32.9 Å². The van der Waals surface area contributed by atoms with Crippen LogP contribution in [0.1, 0.15) is 25.8 Å². The van der Waals surface area contributed by atoms with Crippen molar-refractivity contribution in [1.29, 1.82) is 0 Å². The van der Waals surface area contributed by atoms with Gasteiger partial charge in [-0.3, -0.25) is 4.99 Å². The molecule has 1 aromatic carbocycles. The molecule has 0 bridgehead atoms. The number of guanidine groups is 1. The Morgan fingerprint density at radius 1 is 1.22 bits per heavy atom. The van der Waals surface area contributed by atoms with E-state index in [0.29, 0.717) is 6.04 Å². The van der Waals surface area contributed by atoms with E-state index in [2.05, 4.69) is 60.6 Å². The van der Waals surface area contributed by atoms with Crippen molar-refractivity contribution in [2.75, 3.05) is 34.3 Å². The fourth-order valence-corrected chi connectivity index (χ4v) is 1.93. The van der Waals surface area contributed by atoms with Gasteiger partial charge in [-0.05, 0) is 52.1 Å². The van der Waals surface area contributed by atoms with Crippen molar-refractivity contribution in [3.05, 3.63) is 29.8 Å². The fourth-order valence-electron chi connectivity index (χ4n) is 1.93. The molecule has 0 aromatic heterocycles. The summed E-state index contributed by atoms with van der Waals surface area (Å²) in [5.41, 5.74) is 1.20. The minimum absolute atomic E-state index is 0. The lowest BCUT2D eigenvalue weighted by Crippen LogP contribution is -2.40. The van der Waals surface area contributed by atoms with Gasteiger partial charge >= 0.3 is 0 Å². The first-order valence-electron chi connectivity index (χ1n) is 7.85. The second kappa shape index (κ2) is 12.4. The molecule has 6 heteroatoms. The molecule has 0 atom stereocenters. The maximum absolute atomic E-state index is 5.73. The van der Waals surface area contributed by atoms with Gasteiger partial charge < -0.3 is 20.3 Å². The van der Waals surface area contributed by atoms with Gasteiger partial charge in [0.25, 0.3) is 0 Å². The maximum Gasteiger partial charge on any atom is 0.191 e. The first kappa shape index (κ1) is 22.0. The maximum atomic E-state index is 5.73. The lowest BCUT2D eigenvalue weighted by atomic mass is 10.2.